The van der Waals surface area contributed by atoms with Crippen molar-refractivity contribution in [1.82, 2.24) is 9.55 Å². The third-order valence-electron chi connectivity index (χ3n) is 6.42. The zero-order valence-electron chi connectivity index (χ0n) is 16.5. The van der Waals surface area contributed by atoms with Gasteiger partial charge in [0.1, 0.15) is 12.1 Å². The lowest BCUT2D eigenvalue weighted by molar-refractivity contribution is -0.111. The number of nitrogens with zero attached hydrogens (tertiary/aromatic N) is 3. The lowest BCUT2D eigenvalue weighted by atomic mass is 9.85. The van der Waals surface area contributed by atoms with Gasteiger partial charge >= 0.3 is 0 Å². The van der Waals surface area contributed by atoms with Gasteiger partial charge in [0.25, 0.3) is 5.56 Å². The van der Waals surface area contributed by atoms with Crippen LogP contribution in [0.5, 0.6) is 0 Å². The number of hydrogen-bond acceptors (Lipinski definition) is 4. The molecule has 1 saturated heterocycles. The maximum Gasteiger partial charge on any atom is 0.281 e. The number of anilines is 1. The molecule has 0 unspecified atom stereocenters. The fourth-order valence-corrected chi connectivity index (χ4v) is 5.25. The second-order valence-corrected chi connectivity index (χ2v) is 9.35. The zero-order chi connectivity index (χ0) is 20.3. The highest BCUT2D eigenvalue weighted by Gasteiger charge is 2.39. The first kappa shape index (κ1) is 18.6. The predicted octanol–water partition coefficient (Wildman–Crippen LogP) is 4.20. The summed E-state index contributed by atoms with van der Waals surface area (Å²) in [6.07, 6.45) is 2.89. The Morgan fingerprint density at radius 1 is 1.17 bits per heavy atom. The summed E-state index contributed by atoms with van der Waals surface area (Å²) in [5.74, 6) is 0.960. The van der Waals surface area contributed by atoms with E-state index in [0.717, 1.165) is 53.7 Å². The number of carbonyl (C=O) groups is 1. The van der Waals surface area contributed by atoms with Crippen LogP contribution in [0.25, 0.3) is 16.6 Å². The van der Waals surface area contributed by atoms with Crippen molar-refractivity contribution in [3.05, 3.63) is 62.6 Å². The third kappa shape index (κ3) is 2.69. The Labute approximate surface area is 177 Å². The van der Waals surface area contributed by atoms with Crippen LogP contribution in [0.1, 0.15) is 38.1 Å². The maximum atomic E-state index is 12.8. The van der Waals surface area contributed by atoms with E-state index in [1.807, 2.05) is 18.2 Å². The summed E-state index contributed by atoms with van der Waals surface area (Å²) >= 11 is 3.51. The molecule has 0 radical (unpaired) electrons. The van der Waals surface area contributed by atoms with Crippen molar-refractivity contribution in [2.24, 2.45) is 5.92 Å². The molecule has 2 aliphatic rings. The molecular formula is C23H22BrN3O2. The number of halogens is 1. The van der Waals surface area contributed by atoms with Gasteiger partial charge in [-0.3, -0.25) is 9.36 Å². The smallest absolute Gasteiger partial charge is 0.281 e. The van der Waals surface area contributed by atoms with Crippen LogP contribution in [0.15, 0.2) is 45.7 Å². The Balaban J connectivity index is 1.67. The van der Waals surface area contributed by atoms with E-state index in [4.69, 9.17) is 0 Å². The van der Waals surface area contributed by atoms with E-state index in [2.05, 4.69) is 62.4 Å². The summed E-state index contributed by atoms with van der Waals surface area (Å²) < 4.78 is 2.89. The molecule has 3 heterocycles. The van der Waals surface area contributed by atoms with Gasteiger partial charge in [0, 0.05) is 29.2 Å². The lowest BCUT2D eigenvalue weighted by Crippen LogP contribution is -2.34. The summed E-state index contributed by atoms with van der Waals surface area (Å²) in [4.78, 5) is 30.7. The number of rotatable bonds is 2. The Morgan fingerprint density at radius 3 is 2.66 bits per heavy atom. The number of carbonyl (C=O) groups excluding carboxylic acids is 1. The van der Waals surface area contributed by atoms with Crippen molar-refractivity contribution in [3.8, 4) is 5.69 Å². The Kier molecular flexibility index (Phi) is 4.17. The van der Waals surface area contributed by atoms with Gasteiger partial charge in [0.2, 0.25) is 0 Å². The first-order valence-electron chi connectivity index (χ1n) is 9.98. The van der Waals surface area contributed by atoms with Gasteiger partial charge in [-0.25, -0.2) is 0 Å². The second kappa shape index (κ2) is 6.52. The molecule has 1 fully saturated rings. The van der Waals surface area contributed by atoms with Gasteiger partial charge in [-0.2, -0.15) is 4.98 Å². The Morgan fingerprint density at radius 2 is 1.93 bits per heavy atom. The molecule has 0 aliphatic carbocycles. The van der Waals surface area contributed by atoms with Gasteiger partial charge in [0.05, 0.1) is 22.0 Å². The summed E-state index contributed by atoms with van der Waals surface area (Å²) in [6, 6.07) is 12.3. The minimum absolute atomic E-state index is 0.182. The van der Waals surface area contributed by atoms with Crippen LogP contribution in [-0.4, -0.2) is 28.9 Å². The van der Waals surface area contributed by atoms with Crippen LogP contribution in [0.3, 0.4) is 0 Å². The van der Waals surface area contributed by atoms with Gasteiger partial charge in [-0.15, -0.1) is 0 Å². The summed E-state index contributed by atoms with van der Waals surface area (Å²) in [5.41, 5.74) is 3.72. The average molecular weight is 452 g/mol. The van der Waals surface area contributed by atoms with Crippen LogP contribution >= 0.6 is 15.9 Å². The minimum Gasteiger partial charge on any atom is -0.371 e. The molecule has 2 aromatic carbocycles. The molecule has 2 aliphatic heterocycles. The van der Waals surface area contributed by atoms with Crippen LogP contribution in [-0.2, 0) is 10.2 Å². The normalized spacial score (nSPS) is 18.0. The summed E-state index contributed by atoms with van der Waals surface area (Å²) in [7, 11) is 0. The molecule has 0 saturated carbocycles. The van der Waals surface area contributed by atoms with Crippen molar-refractivity contribution in [2.45, 2.75) is 32.1 Å². The van der Waals surface area contributed by atoms with Crippen molar-refractivity contribution in [2.75, 3.05) is 18.0 Å². The molecule has 29 heavy (non-hydrogen) atoms. The molecule has 6 heteroatoms. The van der Waals surface area contributed by atoms with Gasteiger partial charge < -0.3 is 9.69 Å². The van der Waals surface area contributed by atoms with Crippen LogP contribution in [0.2, 0.25) is 0 Å². The molecule has 0 N–H and O–H groups in total. The molecule has 3 aromatic rings. The predicted molar refractivity (Wildman–Crippen MR) is 118 cm³/mol. The molecule has 148 valence electrons. The van der Waals surface area contributed by atoms with Crippen LogP contribution < -0.4 is 10.5 Å². The number of aromatic nitrogens is 2. The number of benzene rings is 2. The number of piperidine rings is 1. The topological polar surface area (TPSA) is 55.2 Å². The Bertz CT molecular complexity index is 1210. The number of aldehydes is 1. The summed E-state index contributed by atoms with van der Waals surface area (Å²) in [6.45, 7) is 6.04. The molecule has 0 amide bonds. The van der Waals surface area contributed by atoms with E-state index in [1.54, 1.807) is 0 Å². The van der Waals surface area contributed by atoms with Crippen molar-refractivity contribution < 1.29 is 4.79 Å². The average Bonchev–Trinajstić information content (AvgIpc) is 2.95. The highest BCUT2D eigenvalue weighted by molar-refractivity contribution is 9.10. The molecule has 5 rings (SSSR count). The van der Waals surface area contributed by atoms with E-state index < -0.39 is 0 Å². The molecular weight excluding hydrogens is 430 g/mol. The van der Waals surface area contributed by atoms with Gasteiger partial charge in [-0.1, -0.05) is 6.07 Å². The van der Waals surface area contributed by atoms with Crippen LogP contribution in [0.4, 0.5) is 5.69 Å². The van der Waals surface area contributed by atoms with E-state index in [1.165, 1.54) is 11.3 Å². The van der Waals surface area contributed by atoms with Crippen molar-refractivity contribution >= 4 is 38.8 Å². The third-order valence-corrected chi connectivity index (χ3v) is 7.08. The molecule has 0 atom stereocenters. The molecule has 5 nitrogen and oxygen atoms in total. The molecule has 0 spiro atoms. The lowest BCUT2D eigenvalue weighted by Gasteiger charge is -2.32. The maximum absolute atomic E-state index is 12.8. The molecule has 1 aromatic heterocycles. The van der Waals surface area contributed by atoms with E-state index in [9.17, 15) is 9.59 Å². The quantitative estimate of drug-likeness (QED) is 0.547. The highest BCUT2D eigenvalue weighted by atomic mass is 79.9. The Hall–Kier alpha value is -2.47. The summed E-state index contributed by atoms with van der Waals surface area (Å²) in [5, 5.41) is 0.611. The number of fused-ring (bicyclic) bond motifs is 5. The molecule has 0 bridgehead atoms. The van der Waals surface area contributed by atoms with Gasteiger partial charge in [-0.05, 0) is 78.5 Å². The highest BCUT2D eigenvalue weighted by Crippen LogP contribution is 2.44. The number of hydrogen-bond donors (Lipinski definition) is 0. The first-order valence-corrected chi connectivity index (χ1v) is 10.8. The first-order chi connectivity index (χ1) is 13.9. The fraction of sp³-hybridized carbons (Fsp3) is 0.348. The van der Waals surface area contributed by atoms with E-state index >= 15 is 0 Å². The van der Waals surface area contributed by atoms with Crippen LogP contribution in [0, 0.1) is 5.92 Å². The standard InChI is InChI=1S/C23H22BrN3O2/c1-23(2)16-12-15(26-10-8-14(13-28)9-11-26)6-7-18(16)27-19-5-3-4-17(24)20(19)21(29)25-22(23)27/h3-7,12-14H,8-11H2,1-2H3. The van der Waals surface area contributed by atoms with E-state index in [-0.39, 0.29) is 16.9 Å². The minimum atomic E-state index is -0.373. The second-order valence-electron chi connectivity index (χ2n) is 8.50. The zero-order valence-corrected chi connectivity index (χ0v) is 18.1. The van der Waals surface area contributed by atoms with E-state index in [0.29, 0.717) is 5.39 Å². The van der Waals surface area contributed by atoms with Gasteiger partial charge in [0.15, 0.2) is 0 Å². The van der Waals surface area contributed by atoms with Crippen molar-refractivity contribution in [1.29, 1.82) is 0 Å². The largest absolute Gasteiger partial charge is 0.371 e. The monoisotopic (exact) mass is 451 g/mol. The SMILES string of the molecule is CC1(C)c2cc(N3CCC(C=O)CC3)ccc2-n2c1nc(=O)c1c(Br)cccc12. The fourth-order valence-electron chi connectivity index (χ4n) is 4.72. The van der Waals surface area contributed by atoms with Crippen molar-refractivity contribution in [3.63, 3.8) is 0 Å².